The fraction of sp³-hybridized carbons (Fsp3) is 0.385. The summed E-state index contributed by atoms with van der Waals surface area (Å²) in [6.45, 7) is 8.36. The van der Waals surface area contributed by atoms with Crippen molar-refractivity contribution in [3.8, 4) is 5.75 Å². The Morgan fingerprint density at radius 2 is 2.00 bits per heavy atom. The number of hydrogen-bond donors (Lipinski definition) is 1. The van der Waals surface area contributed by atoms with Gasteiger partial charge in [0, 0.05) is 43.7 Å². The molecule has 0 fully saturated rings. The second-order valence-electron chi connectivity index (χ2n) is 8.41. The molecule has 7 heteroatoms. The summed E-state index contributed by atoms with van der Waals surface area (Å²) >= 11 is 7.66. The maximum atomic E-state index is 13.0. The van der Waals surface area contributed by atoms with Crippen LogP contribution in [0.5, 0.6) is 5.75 Å². The molecular formula is C26H28ClNO4S. The monoisotopic (exact) mass is 485 g/mol. The van der Waals surface area contributed by atoms with Crippen molar-refractivity contribution < 1.29 is 19.1 Å². The smallest absolute Gasteiger partial charge is 0.336 e. The molecule has 2 aliphatic rings. The number of thiophene rings is 1. The van der Waals surface area contributed by atoms with E-state index in [1.165, 1.54) is 0 Å². The largest absolute Gasteiger partial charge is 0.489 e. The van der Waals surface area contributed by atoms with Crippen LogP contribution in [0.25, 0.3) is 0 Å². The zero-order chi connectivity index (χ0) is 23.7. The van der Waals surface area contributed by atoms with Crippen molar-refractivity contribution in [3.63, 3.8) is 0 Å². The molecule has 1 aromatic heterocycles. The predicted octanol–water partition coefficient (Wildman–Crippen LogP) is 6.13. The summed E-state index contributed by atoms with van der Waals surface area (Å²) in [5.74, 6) is 0.0911. The highest BCUT2D eigenvalue weighted by Crippen LogP contribution is 2.45. The molecule has 0 saturated heterocycles. The fourth-order valence-corrected chi connectivity index (χ4v) is 5.89. The quantitative estimate of drug-likeness (QED) is 0.499. The van der Waals surface area contributed by atoms with E-state index in [0.29, 0.717) is 29.2 Å². The van der Waals surface area contributed by atoms with E-state index in [9.17, 15) is 9.59 Å². The number of nitrogens with one attached hydrogen (secondary N) is 1. The maximum Gasteiger partial charge on any atom is 0.336 e. The van der Waals surface area contributed by atoms with Crippen LogP contribution in [0.3, 0.4) is 0 Å². The van der Waals surface area contributed by atoms with E-state index >= 15 is 0 Å². The van der Waals surface area contributed by atoms with Crippen LogP contribution in [-0.4, -0.2) is 18.4 Å². The van der Waals surface area contributed by atoms with Crippen LogP contribution >= 0.6 is 22.9 Å². The summed E-state index contributed by atoms with van der Waals surface area (Å²) < 4.78 is 11.5. The number of halogens is 1. The Kier molecular flexibility index (Phi) is 6.96. The third-order valence-electron chi connectivity index (χ3n) is 6.12. The molecule has 33 heavy (non-hydrogen) atoms. The summed E-state index contributed by atoms with van der Waals surface area (Å²) in [5.41, 5.74) is 4.93. The van der Waals surface area contributed by atoms with E-state index in [0.717, 1.165) is 50.9 Å². The molecule has 1 N–H and O–H groups in total. The molecule has 0 amide bonds. The molecule has 5 nitrogen and oxygen atoms in total. The number of ketones is 1. The molecule has 1 aromatic carbocycles. The number of Topliss-reactive ketones (excluding diaryl/α,β-unsaturated/α-hetero) is 1. The number of rotatable bonds is 6. The minimum Gasteiger partial charge on any atom is -0.489 e. The molecule has 174 valence electrons. The number of carbonyl (C=O) groups is 2. The number of ether oxygens (including phenoxy) is 2. The van der Waals surface area contributed by atoms with Crippen molar-refractivity contribution >= 4 is 34.7 Å². The molecule has 2 heterocycles. The minimum absolute atomic E-state index is 0.101. The van der Waals surface area contributed by atoms with Crippen molar-refractivity contribution in [2.24, 2.45) is 0 Å². The van der Waals surface area contributed by atoms with Crippen LogP contribution in [0.1, 0.15) is 59.9 Å². The van der Waals surface area contributed by atoms with Gasteiger partial charge in [-0.3, -0.25) is 4.79 Å². The van der Waals surface area contributed by atoms with Crippen LogP contribution in [0, 0.1) is 13.8 Å². The number of aryl methyl sites for hydroxylation is 2. The van der Waals surface area contributed by atoms with Crippen molar-refractivity contribution in [1.82, 2.24) is 5.32 Å². The van der Waals surface area contributed by atoms with Gasteiger partial charge in [-0.2, -0.15) is 0 Å². The lowest BCUT2D eigenvalue weighted by Crippen LogP contribution is -2.34. The maximum absolute atomic E-state index is 13.0. The Balaban J connectivity index is 1.70. The van der Waals surface area contributed by atoms with E-state index in [1.807, 2.05) is 39.0 Å². The molecule has 0 bridgehead atoms. The van der Waals surface area contributed by atoms with Gasteiger partial charge in [-0.15, -0.1) is 11.3 Å². The third kappa shape index (κ3) is 4.73. The molecule has 1 aliphatic carbocycles. The molecule has 4 rings (SSSR count). The highest BCUT2D eigenvalue weighted by molar-refractivity contribution is 7.12. The minimum atomic E-state index is -0.414. The second kappa shape index (κ2) is 9.74. The summed E-state index contributed by atoms with van der Waals surface area (Å²) in [6.07, 6.45) is 2.13. The second-order valence-corrected chi connectivity index (χ2v) is 10.1. The van der Waals surface area contributed by atoms with Gasteiger partial charge in [-0.05, 0) is 70.4 Å². The average molecular weight is 486 g/mol. The van der Waals surface area contributed by atoms with Gasteiger partial charge in [0.25, 0.3) is 0 Å². The van der Waals surface area contributed by atoms with E-state index in [2.05, 4.69) is 11.4 Å². The Hall–Kier alpha value is -2.57. The molecule has 0 unspecified atom stereocenters. The van der Waals surface area contributed by atoms with Crippen LogP contribution in [0.4, 0.5) is 0 Å². The van der Waals surface area contributed by atoms with Gasteiger partial charge in [0.1, 0.15) is 12.4 Å². The first-order valence-corrected chi connectivity index (χ1v) is 12.4. The summed E-state index contributed by atoms with van der Waals surface area (Å²) in [7, 11) is 0. The third-order valence-corrected chi connectivity index (χ3v) is 7.51. The standard InChI is InChI=1S/C26H28ClNO4S/c1-5-31-26(30)23-15(3)28-19-7-6-8-20(29)24(19)25(23)22-12-17(16(4)33-22)13-32-21-10-9-18(27)11-14(21)2/h9-12,25,28H,5-8,13H2,1-4H3/t25-/m0/s1. The molecular weight excluding hydrogens is 458 g/mol. The summed E-state index contributed by atoms with van der Waals surface area (Å²) in [5, 5.41) is 4.00. The van der Waals surface area contributed by atoms with E-state index in [-0.39, 0.29) is 18.4 Å². The van der Waals surface area contributed by atoms with Gasteiger partial charge >= 0.3 is 5.97 Å². The Bertz CT molecular complexity index is 1180. The number of allylic oxidation sites excluding steroid dienone is 3. The van der Waals surface area contributed by atoms with Gasteiger partial charge in [0.05, 0.1) is 18.1 Å². The van der Waals surface area contributed by atoms with Crippen molar-refractivity contribution in [1.29, 1.82) is 0 Å². The van der Waals surface area contributed by atoms with Crippen molar-refractivity contribution in [3.05, 3.63) is 72.7 Å². The lowest BCUT2D eigenvalue weighted by atomic mass is 9.78. The zero-order valence-electron chi connectivity index (χ0n) is 19.3. The van der Waals surface area contributed by atoms with E-state index < -0.39 is 5.92 Å². The molecule has 0 spiro atoms. The average Bonchev–Trinajstić information content (AvgIpc) is 3.12. The Labute approximate surface area is 203 Å². The van der Waals surface area contributed by atoms with Gasteiger partial charge in [0.2, 0.25) is 0 Å². The SMILES string of the molecule is CCOC(=O)C1=C(C)NC2=C(C(=O)CCC2)[C@H]1c1cc(COc2ccc(Cl)cc2C)c(C)s1. The van der Waals surface area contributed by atoms with Gasteiger partial charge in [-0.1, -0.05) is 11.6 Å². The van der Waals surface area contributed by atoms with E-state index in [1.54, 1.807) is 18.3 Å². The number of dihydropyridines is 1. The fourth-order valence-electron chi connectivity index (χ4n) is 4.51. The highest BCUT2D eigenvalue weighted by atomic mass is 35.5. The van der Waals surface area contributed by atoms with Gasteiger partial charge in [-0.25, -0.2) is 4.79 Å². The van der Waals surface area contributed by atoms with Crippen LogP contribution in [-0.2, 0) is 20.9 Å². The molecule has 0 saturated carbocycles. The first kappa shape index (κ1) is 23.6. The molecule has 0 radical (unpaired) electrons. The van der Waals surface area contributed by atoms with E-state index in [4.69, 9.17) is 21.1 Å². The van der Waals surface area contributed by atoms with Crippen LogP contribution in [0.2, 0.25) is 5.02 Å². The molecule has 1 atom stereocenters. The Morgan fingerprint density at radius 3 is 2.73 bits per heavy atom. The first-order valence-electron chi connectivity index (χ1n) is 11.2. The predicted molar refractivity (Wildman–Crippen MR) is 131 cm³/mol. The number of esters is 1. The first-order chi connectivity index (χ1) is 15.8. The number of benzene rings is 1. The van der Waals surface area contributed by atoms with Crippen LogP contribution in [0.15, 0.2) is 46.8 Å². The summed E-state index contributed by atoms with van der Waals surface area (Å²) in [4.78, 5) is 28.0. The zero-order valence-corrected chi connectivity index (χ0v) is 20.9. The van der Waals surface area contributed by atoms with Gasteiger partial charge in [0.15, 0.2) is 5.78 Å². The lowest BCUT2D eigenvalue weighted by molar-refractivity contribution is -0.138. The highest BCUT2D eigenvalue weighted by Gasteiger charge is 2.40. The van der Waals surface area contributed by atoms with Gasteiger partial charge < -0.3 is 14.8 Å². The number of carbonyl (C=O) groups excluding carboxylic acids is 2. The normalized spacial score (nSPS) is 18.2. The molecule has 1 aliphatic heterocycles. The number of hydrogen-bond acceptors (Lipinski definition) is 6. The Morgan fingerprint density at radius 1 is 1.21 bits per heavy atom. The lowest BCUT2D eigenvalue weighted by Gasteiger charge is -2.33. The topological polar surface area (TPSA) is 64.6 Å². The van der Waals surface area contributed by atoms with Crippen LogP contribution < -0.4 is 10.1 Å². The van der Waals surface area contributed by atoms with Crippen molar-refractivity contribution in [2.45, 2.75) is 59.5 Å². The van der Waals surface area contributed by atoms with Crippen molar-refractivity contribution in [2.75, 3.05) is 6.61 Å². The molecule has 2 aromatic rings. The summed E-state index contributed by atoms with van der Waals surface area (Å²) in [6, 6.07) is 7.63.